The van der Waals surface area contributed by atoms with Crippen molar-refractivity contribution in [3.8, 4) is 0 Å². The van der Waals surface area contributed by atoms with Crippen LogP contribution in [0.15, 0.2) is 21.6 Å². The molecule has 0 spiro atoms. The largest absolute Gasteiger partial charge is 0.477 e. The summed E-state index contributed by atoms with van der Waals surface area (Å²) in [5.41, 5.74) is 0. The highest BCUT2D eigenvalue weighted by Crippen LogP contribution is 2.27. The zero-order valence-electron chi connectivity index (χ0n) is 10.00. The van der Waals surface area contributed by atoms with Crippen molar-refractivity contribution in [1.29, 1.82) is 0 Å². The summed E-state index contributed by atoms with van der Waals surface area (Å²) in [6.07, 6.45) is 0. The maximum Gasteiger partial charge on any atom is 0.345 e. The van der Waals surface area contributed by atoms with Crippen LogP contribution in [0.2, 0.25) is 0 Å². The Labute approximate surface area is 112 Å². The van der Waals surface area contributed by atoms with Crippen molar-refractivity contribution in [2.75, 3.05) is 4.72 Å². The maximum absolute atomic E-state index is 12.1. The number of nitrogens with one attached hydrogen (secondary N) is 1. The number of aromatic carboxylic acids is 1. The lowest BCUT2D eigenvalue weighted by Gasteiger charge is -2.03. The minimum absolute atomic E-state index is 0.0331. The molecule has 0 unspecified atom stereocenters. The van der Waals surface area contributed by atoms with Crippen molar-refractivity contribution < 1.29 is 22.8 Å². The van der Waals surface area contributed by atoms with Crippen LogP contribution in [0.25, 0.3) is 0 Å². The molecule has 0 aliphatic heterocycles. The van der Waals surface area contributed by atoms with Gasteiger partial charge in [-0.05, 0) is 19.9 Å². The maximum atomic E-state index is 12.1. The van der Waals surface area contributed by atoms with Gasteiger partial charge in [-0.1, -0.05) is 5.16 Å². The summed E-state index contributed by atoms with van der Waals surface area (Å²) in [7, 11) is -3.87. The fourth-order valence-electron chi connectivity index (χ4n) is 1.44. The molecule has 2 aromatic rings. The third kappa shape index (κ3) is 2.76. The van der Waals surface area contributed by atoms with E-state index in [2.05, 4.69) is 9.88 Å². The van der Waals surface area contributed by atoms with E-state index in [4.69, 9.17) is 9.63 Å². The molecule has 0 aliphatic carbocycles. The van der Waals surface area contributed by atoms with Crippen molar-refractivity contribution in [2.45, 2.75) is 18.7 Å². The summed E-state index contributed by atoms with van der Waals surface area (Å²) >= 11 is 0.903. The molecule has 2 aromatic heterocycles. The first-order chi connectivity index (χ1) is 8.79. The summed E-state index contributed by atoms with van der Waals surface area (Å²) in [5.74, 6) is -0.641. The number of carboxylic acid groups (broad SMARTS) is 1. The van der Waals surface area contributed by atoms with Gasteiger partial charge in [-0.2, -0.15) is 0 Å². The monoisotopic (exact) mass is 302 g/mol. The first-order valence-corrected chi connectivity index (χ1v) is 7.39. The van der Waals surface area contributed by atoms with E-state index < -0.39 is 16.0 Å². The van der Waals surface area contributed by atoms with Crippen LogP contribution in [0.1, 0.15) is 20.3 Å². The quantitative estimate of drug-likeness (QED) is 0.892. The minimum atomic E-state index is -3.87. The van der Waals surface area contributed by atoms with Gasteiger partial charge < -0.3 is 9.63 Å². The van der Waals surface area contributed by atoms with Gasteiger partial charge in [-0.25, -0.2) is 13.2 Å². The molecular weight excluding hydrogens is 292 g/mol. The van der Waals surface area contributed by atoms with Crippen molar-refractivity contribution >= 4 is 33.1 Å². The van der Waals surface area contributed by atoms with E-state index in [0.717, 1.165) is 17.4 Å². The zero-order valence-corrected chi connectivity index (χ0v) is 11.6. The van der Waals surface area contributed by atoms with Gasteiger partial charge in [0.05, 0.1) is 0 Å². The SMILES string of the molecule is Cc1cc(NS(=O)(=O)c2cc(C(=O)O)sc2C)no1. The number of aryl methyl sites for hydroxylation is 2. The van der Waals surface area contributed by atoms with Crippen LogP contribution in [-0.2, 0) is 10.0 Å². The predicted molar refractivity (Wildman–Crippen MR) is 68.1 cm³/mol. The normalized spacial score (nSPS) is 11.5. The average Bonchev–Trinajstić information content (AvgIpc) is 2.85. The Bertz CT molecular complexity index is 729. The lowest BCUT2D eigenvalue weighted by molar-refractivity contribution is 0.0702. The van der Waals surface area contributed by atoms with E-state index in [1.807, 2.05) is 0 Å². The molecule has 9 heteroatoms. The second kappa shape index (κ2) is 4.67. The standard InChI is InChI=1S/C10H10N2O5S2/c1-5-3-9(11-17-5)12-19(15,16)8-4-7(10(13)14)18-6(8)2/h3-4H,1-2H3,(H,11,12)(H,13,14). The number of rotatable bonds is 4. The molecule has 19 heavy (non-hydrogen) atoms. The number of aromatic nitrogens is 1. The van der Waals surface area contributed by atoms with Crippen LogP contribution in [0.4, 0.5) is 5.82 Å². The molecule has 7 nitrogen and oxygen atoms in total. The number of hydrogen-bond donors (Lipinski definition) is 2. The summed E-state index contributed by atoms with van der Waals surface area (Å²) < 4.78 is 31.2. The van der Waals surface area contributed by atoms with E-state index in [-0.39, 0.29) is 15.6 Å². The van der Waals surface area contributed by atoms with Gasteiger partial charge in [0.15, 0.2) is 5.82 Å². The molecular formula is C10H10N2O5S2. The number of anilines is 1. The number of carboxylic acids is 1. The van der Waals surface area contributed by atoms with Crippen LogP contribution in [0.5, 0.6) is 0 Å². The molecule has 0 amide bonds. The van der Waals surface area contributed by atoms with Crippen LogP contribution >= 0.6 is 11.3 Å². The molecule has 2 heterocycles. The lowest BCUT2D eigenvalue weighted by atomic mass is 10.4. The van der Waals surface area contributed by atoms with E-state index >= 15 is 0 Å². The van der Waals surface area contributed by atoms with Crippen molar-refractivity contribution in [1.82, 2.24) is 5.16 Å². The molecule has 0 atom stereocenters. The lowest BCUT2D eigenvalue weighted by Crippen LogP contribution is -2.13. The molecule has 0 saturated carbocycles. The Balaban J connectivity index is 2.37. The Morgan fingerprint density at radius 2 is 2.11 bits per heavy atom. The second-order valence-corrected chi connectivity index (χ2v) is 6.67. The van der Waals surface area contributed by atoms with Crippen LogP contribution < -0.4 is 4.72 Å². The highest BCUT2D eigenvalue weighted by atomic mass is 32.2. The third-order valence-corrected chi connectivity index (χ3v) is 4.89. The number of thiophene rings is 1. The van der Waals surface area contributed by atoms with Gasteiger partial charge in [0.25, 0.3) is 10.0 Å². The zero-order chi connectivity index (χ0) is 14.2. The number of sulfonamides is 1. The Morgan fingerprint density at radius 3 is 2.58 bits per heavy atom. The van der Waals surface area contributed by atoms with Gasteiger partial charge in [0.2, 0.25) is 0 Å². The van der Waals surface area contributed by atoms with Crippen LogP contribution in [0.3, 0.4) is 0 Å². The fraction of sp³-hybridized carbons (Fsp3) is 0.200. The third-order valence-electron chi connectivity index (χ3n) is 2.24. The molecule has 2 rings (SSSR count). The number of hydrogen-bond acceptors (Lipinski definition) is 6. The number of nitrogens with zero attached hydrogens (tertiary/aromatic N) is 1. The molecule has 2 N–H and O–H groups in total. The molecule has 0 bridgehead atoms. The van der Waals surface area contributed by atoms with Crippen LogP contribution in [-0.4, -0.2) is 24.7 Å². The van der Waals surface area contributed by atoms with Gasteiger partial charge >= 0.3 is 5.97 Å². The highest BCUT2D eigenvalue weighted by Gasteiger charge is 2.23. The van der Waals surface area contributed by atoms with Gasteiger partial charge in [0.1, 0.15) is 15.5 Å². The molecule has 0 saturated heterocycles. The predicted octanol–water partition coefficient (Wildman–Crippen LogP) is 1.85. The molecule has 0 fully saturated rings. The van der Waals surface area contributed by atoms with Crippen molar-refractivity contribution in [3.63, 3.8) is 0 Å². The first kappa shape index (κ1) is 13.6. The smallest absolute Gasteiger partial charge is 0.345 e. The summed E-state index contributed by atoms with van der Waals surface area (Å²) in [5, 5.41) is 12.4. The average molecular weight is 302 g/mol. The van der Waals surface area contributed by atoms with Crippen LogP contribution in [0, 0.1) is 13.8 Å². The Kier molecular flexibility index (Phi) is 3.33. The first-order valence-electron chi connectivity index (χ1n) is 5.09. The topological polar surface area (TPSA) is 110 Å². The summed E-state index contributed by atoms with van der Waals surface area (Å²) in [6.45, 7) is 3.17. The van der Waals surface area contributed by atoms with E-state index in [0.29, 0.717) is 10.6 Å². The number of carbonyl (C=O) groups is 1. The Hall–Kier alpha value is -1.87. The van der Waals surface area contributed by atoms with Gasteiger partial charge in [-0.3, -0.25) is 4.72 Å². The highest BCUT2D eigenvalue weighted by molar-refractivity contribution is 7.93. The van der Waals surface area contributed by atoms with E-state index in [1.165, 1.54) is 6.07 Å². The van der Waals surface area contributed by atoms with Gasteiger partial charge in [0, 0.05) is 10.9 Å². The minimum Gasteiger partial charge on any atom is -0.477 e. The summed E-state index contributed by atoms with van der Waals surface area (Å²) in [4.78, 5) is 11.1. The molecule has 102 valence electrons. The molecule has 0 aromatic carbocycles. The van der Waals surface area contributed by atoms with Crippen molar-refractivity contribution in [2.24, 2.45) is 0 Å². The second-order valence-electron chi connectivity index (χ2n) is 3.76. The van der Waals surface area contributed by atoms with Gasteiger partial charge in [-0.15, -0.1) is 11.3 Å². The van der Waals surface area contributed by atoms with E-state index in [1.54, 1.807) is 13.8 Å². The Morgan fingerprint density at radius 1 is 1.42 bits per heavy atom. The van der Waals surface area contributed by atoms with E-state index in [9.17, 15) is 13.2 Å². The summed E-state index contributed by atoms with van der Waals surface area (Å²) in [6, 6.07) is 2.55. The molecule has 0 radical (unpaired) electrons. The fourth-order valence-corrected chi connectivity index (χ4v) is 3.86. The molecule has 0 aliphatic rings. The van der Waals surface area contributed by atoms with Crippen molar-refractivity contribution in [3.05, 3.63) is 27.6 Å².